The molecule has 0 aliphatic heterocycles. The van der Waals surface area contributed by atoms with Gasteiger partial charge in [0.1, 0.15) is 18.7 Å². The third-order valence-corrected chi connectivity index (χ3v) is 6.00. The maximum atomic E-state index is 12.6. The highest BCUT2D eigenvalue weighted by molar-refractivity contribution is 14.0. The minimum atomic E-state index is -3.37. The number of hydrogen-bond acceptors (Lipinski definition) is 5. The van der Waals surface area contributed by atoms with Gasteiger partial charge in [0.25, 0.3) is 0 Å². The molecule has 0 aliphatic carbocycles. The van der Waals surface area contributed by atoms with E-state index in [4.69, 9.17) is 0 Å². The molecular weight excluding hydrogens is 503 g/mol. The lowest BCUT2D eigenvalue weighted by atomic mass is 9.87. The summed E-state index contributed by atoms with van der Waals surface area (Å²) in [5.74, 6) is 1.25. The molecule has 1 heterocycles. The number of rotatable bonds is 7. The minimum Gasteiger partial charge on any atom is -0.357 e. The smallest absolute Gasteiger partial charge is 0.191 e. The van der Waals surface area contributed by atoms with Crippen LogP contribution in [0.5, 0.6) is 0 Å². The third-order valence-electron chi connectivity index (χ3n) is 4.27. The molecular formula is C19H31IN6O2S. The normalized spacial score (nSPS) is 12.4. The molecule has 0 radical (unpaired) electrons. The van der Waals surface area contributed by atoms with Gasteiger partial charge < -0.3 is 10.6 Å². The van der Waals surface area contributed by atoms with Gasteiger partial charge in [-0.05, 0) is 30.0 Å². The molecule has 2 aromatic rings. The molecule has 2 N–H and O–H groups in total. The third kappa shape index (κ3) is 7.57. The van der Waals surface area contributed by atoms with E-state index < -0.39 is 9.84 Å². The highest BCUT2D eigenvalue weighted by atomic mass is 127. The number of aliphatic imine (C=N–C) groups is 1. The number of halogens is 1. The lowest BCUT2D eigenvalue weighted by Gasteiger charge is -2.19. The number of benzene rings is 1. The van der Waals surface area contributed by atoms with Crippen LogP contribution in [0.15, 0.2) is 40.5 Å². The van der Waals surface area contributed by atoms with Crippen molar-refractivity contribution in [2.24, 2.45) is 12.0 Å². The van der Waals surface area contributed by atoms with Gasteiger partial charge in [-0.2, -0.15) is 5.10 Å². The van der Waals surface area contributed by atoms with E-state index in [9.17, 15) is 8.42 Å². The Balaban J connectivity index is 0.00000420. The van der Waals surface area contributed by atoms with E-state index in [2.05, 4.69) is 46.5 Å². The van der Waals surface area contributed by atoms with Gasteiger partial charge >= 0.3 is 0 Å². The molecule has 0 amide bonds. The molecule has 0 fully saturated rings. The van der Waals surface area contributed by atoms with Crippen molar-refractivity contribution in [3.8, 4) is 0 Å². The first-order valence-corrected chi connectivity index (χ1v) is 11.0. The average molecular weight is 534 g/mol. The molecule has 0 bridgehead atoms. The van der Waals surface area contributed by atoms with Crippen LogP contribution in [-0.2, 0) is 28.8 Å². The van der Waals surface area contributed by atoms with Gasteiger partial charge in [0.2, 0.25) is 0 Å². The first kappa shape index (κ1) is 25.3. The Morgan fingerprint density at radius 2 is 1.83 bits per heavy atom. The second-order valence-corrected chi connectivity index (χ2v) is 9.62. The molecule has 2 rings (SSSR count). The number of hydrogen-bond donors (Lipinski definition) is 2. The Labute approximate surface area is 190 Å². The van der Waals surface area contributed by atoms with Crippen LogP contribution in [0.2, 0.25) is 0 Å². The number of nitrogens with zero attached hydrogens (tertiary/aromatic N) is 4. The Bertz CT molecular complexity index is 902. The van der Waals surface area contributed by atoms with Gasteiger partial charge in [0, 0.05) is 20.1 Å². The molecule has 0 saturated heterocycles. The molecule has 8 nitrogen and oxygen atoms in total. The topological polar surface area (TPSA) is 101 Å². The first-order valence-electron chi connectivity index (χ1n) is 9.32. The average Bonchev–Trinajstić information content (AvgIpc) is 3.04. The second kappa shape index (κ2) is 10.9. The van der Waals surface area contributed by atoms with E-state index in [1.165, 1.54) is 6.33 Å². The van der Waals surface area contributed by atoms with Gasteiger partial charge in [-0.3, -0.25) is 4.68 Å². The summed E-state index contributed by atoms with van der Waals surface area (Å²) in [4.78, 5) is 8.89. The molecule has 0 unspecified atom stereocenters. The van der Waals surface area contributed by atoms with Crippen molar-refractivity contribution in [3.05, 3.63) is 42.0 Å². The van der Waals surface area contributed by atoms with E-state index in [0.717, 1.165) is 11.4 Å². The molecule has 1 aromatic heterocycles. The number of aromatic nitrogens is 3. The van der Waals surface area contributed by atoms with Crippen LogP contribution in [-0.4, -0.2) is 48.0 Å². The van der Waals surface area contributed by atoms with Gasteiger partial charge in [-0.1, -0.05) is 32.9 Å². The highest BCUT2D eigenvalue weighted by Crippen LogP contribution is 2.23. The Morgan fingerprint density at radius 1 is 1.17 bits per heavy atom. The van der Waals surface area contributed by atoms with Crippen LogP contribution in [0.1, 0.15) is 39.1 Å². The molecule has 0 aliphatic rings. The maximum absolute atomic E-state index is 12.6. The number of nitrogens with one attached hydrogen (secondary N) is 2. The van der Waals surface area contributed by atoms with Crippen LogP contribution in [0, 0.1) is 0 Å². The first-order chi connectivity index (χ1) is 13.1. The van der Waals surface area contributed by atoms with E-state index in [1.54, 1.807) is 23.9 Å². The van der Waals surface area contributed by atoms with Gasteiger partial charge in [-0.25, -0.2) is 18.4 Å². The predicted molar refractivity (Wildman–Crippen MR) is 126 cm³/mol. The van der Waals surface area contributed by atoms with Crippen molar-refractivity contribution in [3.63, 3.8) is 0 Å². The lowest BCUT2D eigenvalue weighted by molar-refractivity contribution is 0.586. The summed E-state index contributed by atoms with van der Waals surface area (Å²) in [5.41, 5.74) is 1.10. The van der Waals surface area contributed by atoms with Crippen molar-refractivity contribution >= 4 is 39.8 Å². The molecule has 0 atom stereocenters. The number of guanidine groups is 1. The molecule has 1 aromatic carbocycles. The van der Waals surface area contributed by atoms with Crippen LogP contribution in [0.25, 0.3) is 0 Å². The van der Waals surface area contributed by atoms with Crippen LogP contribution >= 0.6 is 24.0 Å². The summed E-state index contributed by atoms with van der Waals surface area (Å²) in [6.45, 7) is 9.54. The second-order valence-electron chi connectivity index (χ2n) is 7.52. The summed E-state index contributed by atoms with van der Waals surface area (Å²) < 4.78 is 26.9. The molecule has 29 heavy (non-hydrogen) atoms. The zero-order valence-electron chi connectivity index (χ0n) is 17.6. The summed E-state index contributed by atoms with van der Waals surface area (Å²) in [5, 5.41) is 10.2. The Morgan fingerprint density at radius 3 is 2.34 bits per heavy atom. The largest absolute Gasteiger partial charge is 0.357 e. The van der Waals surface area contributed by atoms with Crippen molar-refractivity contribution in [1.29, 1.82) is 0 Å². The Kier molecular flexibility index (Phi) is 9.53. The van der Waals surface area contributed by atoms with Gasteiger partial charge in [0.05, 0.1) is 10.6 Å². The van der Waals surface area contributed by atoms with E-state index in [-0.39, 0.29) is 41.7 Å². The molecule has 10 heteroatoms. The quantitative estimate of drug-likeness (QED) is 0.321. The van der Waals surface area contributed by atoms with Crippen molar-refractivity contribution < 1.29 is 8.42 Å². The van der Waals surface area contributed by atoms with Crippen molar-refractivity contribution in [2.45, 2.75) is 44.6 Å². The lowest BCUT2D eigenvalue weighted by Crippen LogP contribution is -2.39. The molecule has 0 spiro atoms. The van der Waals surface area contributed by atoms with E-state index >= 15 is 0 Å². The fourth-order valence-electron chi connectivity index (χ4n) is 2.54. The van der Waals surface area contributed by atoms with E-state index in [0.29, 0.717) is 23.9 Å². The zero-order valence-corrected chi connectivity index (χ0v) is 20.8. The summed E-state index contributed by atoms with van der Waals surface area (Å²) >= 11 is 0. The van der Waals surface area contributed by atoms with Crippen LogP contribution < -0.4 is 10.6 Å². The van der Waals surface area contributed by atoms with Crippen molar-refractivity contribution in [1.82, 2.24) is 25.4 Å². The standard InChI is InChI=1S/C19H30N6O2S.HI/c1-6-20-18(22-13-17-23-14-24-25(17)5)21-11-12-28(26,27)16-9-7-15(8-10-16)19(2,3)4;/h7-10,14H,6,11-13H2,1-5H3,(H2,20,21,22);1H. The summed E-state index contributed by atoms with van der Waals surface area (Å²) in [6.07, 6.45) is 1.47. The monoisotopic (exact) mass is 534 g/mol. The van der Waals surface area contributed by atoms with Crippen LogP contribution in [0.3, 0.4) is 0 Å². The Hall–Kier alpha value is -1.69. The SMILES string of the molecule is CCNC(=NCc1ncnn1C)NCCS(=O)(=O)c1ccc(C(C)(C)C)cc1.I. The number of aryl methyl sites for hydroxylation is 1. The minimum absolute atomic E-state index is 0. The fourth-order valence-corrected chi connectivity index (χ4v) is 3.70. The van der Waals surface area contributed by atoms with Gasteiger partial charge in [-0.15, -0.1) is 24.0 Å². The van der Waals surface area contributed by atoms with Crippen LogP contribution in [0.4, 0.5) is 0 Å². The maximum Gasteiger partial charge on any atom is 0.191 e. The highest BCUT2D eigenvalue weighted by Gasteiger charge is 2.17. The summed E-state index contributed by atoms with van der Waals surface area (Å²) in [7, 11) is -1.57. The molecule has 162 valence electrons. The molecule has 0 saturated carbocycles. The summed E-state index contributed by atoms with van der Waals surface area (Å²) in [6, 6.07) is 7.13. The van der Waals surface area contributed by atoms with Gasteiger partial charge in [0.15, 0.2) is 15.8 Å². The predicted octanol–water partition coefficient (Wildman–Crippen LogP) is 2.26. The fraction of sp³-hybridized carbons (Fsp3) is 0.526. The zero-order chi connectivity index (χ0) is 20.8. The number of sulfone groups is 1. The van der Waals surface area contributed by atoms with Crippen molar-refractivity contribution in [2.75, 3.05) is 18.8 Å². The van der Waals surface area contributed by atoms with E-state index in [1.807, 2.05) is 19.1 Å².